The zero-order chi connectivity index (χ0) is 51.1. The number of nitrogens with one attached hydrogen (secondary N) is 2. The number of benzene rings is 4. The molecule has 366 valence electrons. The normalized spacial score (nSPS) is 14.9. The summed E-state index contributed by atoms with van der Waals surface area (Å²) in [5.41, 5.74) is -14.5. The molecule has 7 aromatic rings. The van der Waals surface area contributed by atoms with Crippen LogP contribution in [0.2, 0.25) is 0 Å². The van der Waals surface area contributed by atoms with Crippen molar-refractivity contribution in [1.82, 2.24) is 19.9 Å². The molecule has 3 aromatic heterocycles. The van der Waals surface area contributed by atoms with E-state index in [4.69, 9.17) is 0 Å². The minimum atomic E-state index is -10.6. The van der Waals surface area contributed by atoms with E-state index in [1.54, 1.807) is 0 Å². The molecule has 8 bridgehead atoms. The van der Waals surface area contributed by atoms with Gasteiger partial charge in [0.15, 0.2) is 46.5 Å². The summed E-state index contributed by atoms with van der Waals surface area (Å²) in [5, 5.41) is 0. The van der Waals surface area contributed by atoms with Gasteiger partial charge in [-0.05, 0) is 84.0 Å². The molecule has 2 N–H and O–H groups in total. The molecule has 0 saturated heterocycles. The smallest absolute Gasteiger partial charge is 0.310 e. The Balaban J connectivity index is 1.55. The van der Waals surface area contributed by atoms with Gasteiger partial charge in [0.05, 0.1) is 33.9 Å². The summed E-state index contributed by atoms with van der Waals surface area (Å²) < 4.78 is 295. The van der Waals surface area contributed by atoms with Crippen LogP contribution >= 0.6 is 20.4 Å². The average molecular weight is 1050 g/mol. The fraction of sp³-hybridized carbons (Fsp3) is 0. The van der Waals surface area contributed by atoms with Gasteiger partial charge in [0, 0.05) is 44.3 Å². The first-order valence-corrected chi connectivity index (χ1v) is 22.9. The van der Waals surface area contributed by atoms with Crippen LogP contribution in [0.1, 0.15) is 22.8 Å². The molecule has 0 saturated carbocycles. The highest BCUT2D eigenvalue weighted by molar-refractivity contribution is 8.46. The number of nitrogens with zero attached hydrogens (tertiary/aromatic N) is 2. The quantitative estimate of drug-likeness (QED) is 0.0990. The number of halogens is 20. The number of aromatic amines is 2. The van der Waals surface area contributed by atoms with Gasteiger partial charge in [-0.3, -0.25) is 0 Å². The predicted molar refractivity (Wildman–Crippen MR) is 223 cm³/mol. The largest absolute Gasteiger partial charge is 0.354 e. The second-order valence-corrected chi connectivity index (χ2v) is 20.2. The molecule has 4 nitrogen and oxygen atoms in total. The molecule has 70 heavy (non-hydrogen) atoms. The maximum absolute atomic E-state index is 15.9. The van der Waals surface area contributed by atoms with Gasteiger partial charge in [0.25, 0.3) is 0 Å². The lowest BCUT2D eigenvalue weighted by atomic mass is 10.0. The third-order valence-corrected chi connectivity index (χ3v) is 13.1. The lowest BCUT2D eigenvalue weighted by molar-refractivity contribution is 0.360. The van der Waals surface area contributed by atoms with E-state index >= 15 is 17.6 Å². The summed E-state index contributed by atoms with van der Waals surface area (Å²) in [6.07, 6.45) is 3.21. The lowest BCUT2D eigenvalue weighted by Crippen LogP contribution is -2.06. The number of hydrogen-bond acceptors (Lipinski definition) is 2. The molecular weight excluding hydrogens is 1030 g/mol. The molecule has 0 amide bonds. The van der Waals surface area contributed by atoms with E-state index in [2.05, 4.69) is 19.9 Å². The number of aromatic nitrogens is 4. The number of rotatable bonds is 6. The van der Waals surface area contributed by atoms with Crippen molar-refractivity contribution in [3.63, 3.8) is 0 Å². The predicted octanol–water partition coefficient (Wildman–Crippen LogP) is 18.0. The van der Waals surface area contributed by atoms with Crippen LogP contribution in [-0.4, -0.2) is 19.9 Å². The second-order valence-electron chi connectivity index (χ2n) is 15.4. The third kappa shape index (κ3) is 8.00. The van der Waals surface area contributed by atoms with Gasteiger partial charge in [0.2, 0.25) is 11.6 Å². The van der Waals surface area contributed by atoms with Crippen molar-refractivity contribution in [2.24, 2.45) is 0 Å². The molecular formula is C44H18F20N4S2. The molecule has 26 heteroatoms. The molecule has 2 aliphatic rings. The average Bonchev–Trinajstić information content (AvgIpc) is 4.12. The topological polar surface area (TPSA) is 57.4 Å². The van der Waals surface area contributed by atoms with Crippen molar-refractivity contribution in [2.45, 2.75) is 9.79 Å². The molecule has 9 rings (SSSR count). The van der Waals surface area contributed by atoms with Crippen LogP contribution in [0.3, 0.4) is 0 Å². The minimum absolute atomic E-state index is 0.0196. The monoisotopic (exact) mass is 1050 g/mol. The minimum Gasteiger partial charge on any atom is -0.354 e. The van der Waals surface area contributed by atoms with Crippen LogP contribution < -0.4 is 0 Å². The summed E-state index contributed by atoms with van der Waals surface area (Å²) in [5.74, 6) is -25.5. The van der Waals surface area contributed by atoms with Crippen LogP contribution in [0.5, 0.6) is 0 Å². The molecule has 0 aliphatic carbocycles. The van der Waals surface area contributed by atoms with Crippen molar-refractivity contribution in [1.29, 1.82) is 0 Å². The van der Waals surface area contributed by atoms with Crippen LogP contribution in [0.4, 0.5) is 82.8 Å². The number of hydrogen-bond donors (Lipinski definition) is 2. The molecule has 0 fully saturated rings. The van der Waals surface area contributed by atoms with Crippen LogP contribution in [0.15, 0.2) is 82.6 Å². The molecule has 0 unspecified atom stereocenters. The van der Waals surface area contributed by atoms with Crippen molar-refractivity contribution < 1.29 is 82.8 Å². The Morgan fingerprint density at radius 1 is 0.300 bits per heavy atom. The fourth-order valence-electron chi connectivity index (χ4n) is 7.77. The van der Waals surface area contributed by atoms with Crippen LogP contribution in [0, 0.1) is 58.2 Å². The first kappa shape index (κ1) is 47.8. The number of fused-ring (bicyclic) bond motifs is 8. The van der Waals surface area contributed by atoms with Crippen molar-refractivity contribution in [3.05, 3.63) is 154 Å². The third-order valence-electron chi connectivity index (χ3n) is 10.8. The van der Waals surface area contributed by atoms with Gasteiger partial charge in [-0.2, -0.15) is 0 Å². The van der Waals surface area contributed by atoms with Gasteiger partial charge >= 0.3 is 20.4 Å². The van der Waals surface area contributed by atoms with Crippen molar-refractivity contribution in [3.8, 4) is 44.5 Å². The zero-order valence-electron chi connectivity index (χ0n) is 33.5. The van der Waals surface area contributed by atoms with Crippen LogP contribution in [-0.2, 0) is 0 Å². The molecule has 0 radical (unpaired) electrons. The van der Waals surface area contributed by atoms with E-state index < -0.39 is 178 Å². The highest BCUT2D eigenvalue weighted by Crippen LogP contribution is 3.03. The summed E-state index contributed by atoms with van der Waals surface area (Å²) in [6, 6.07) is 5.70. The van der Waals surface area contributed by atoms with E-state index in [1.165, 1.54) is 0 Å². The van der Waals surface area contributed by atoms with Crippen molar-refractivity contribution >= 4 is 66.8 Å². The van der Waals surface area contributed by atoms with Crippen LogP contribution in [0.25, 0.3) is 90.9 Å². The highest BCUT2D eigenvalue weighted by Gasteiger charge is 2.66. The van der Waals surface area contributed by atoms with Gasteiger partial charge in [0.1, 0.15) is 9.79 Å². The van der Waals surface area contributed by atoms with E-state index in [1.807, 2.05) is 0 Å². The number of H-pyrrole nitrogens is 2. The first-order chi connectivity index (χ1) is 32.1. The molecule has 2 aliphatic heterocycles. The molecule has 0 spiro atoms. The maximum Gasteiger partial charge on any atom is 0.310 e. The Kier molecular flexibility index (Phi) is 9.70. The zero-order valence-corrected chi connectivity index (χ0v) is 35.1. The Hall–Kier alpha value is -7.22. The Morgan fingerprint density at radius 2 is 0.557 bits per heavy atom. The van der Waals surface area contributed by atoms with E-state index in [0.717, 1.165) is 60.7 Å². The van der Waals surface area contributed by atoms with Gasteiger partial charge in [-0.1, -0.05) is 63.1 Å². The van der Waals surface area contributed by atoms with Crippen molar-refractivity contribution in [2.75, 3.05) is 0 Å². The first-order valence-electron chi connectivity index (χ1n) is 19.0. The summed E-state index contributed by atoms with van der Waals surface area (Å²) in [6.45, 7) is 0. The fourth-order valence-corrected chi connectivity index (χ4v) is 9.14. The van der Waals surface area contributed by atoms with E-state index in [9.17, 15) is 65.2 Å². The van der Waals surface area contributed by atoms with Gasteiger partial charge < -0.3 is 9.97 Å². The Bertz CT molecular complexity index is 3450. The molecule has 5 heterocycles. The van der Waals surface area contributed by atoms with Gasteiger partial charge in [-0.15, -0.1) is 0 Å². The van der Waals surface area contributed by atoms with E-state index in [0.29, 0.717) is 12.1 Å². The van der Waals surface area contributed by atoms with E-state index in [-0.39, 0.29) is 24.3 Å². The second kappa shape index (κ2) is 14.2. The maximum atomic E-state index is 15.9. The summed E-state index contributed by atoms with van der Waals surface area (Å²) >= 11 is 0. The molecule has 4 aromatic carbocycles. The highest BCUT2D eigenvalue weighted by atomic mass is 32.5. The molecule has 0 atom stereocenters. The SMILES string of the molecule is Fc1c(F)c(F)c(-c2c3nc(c(-c4cccc(S(F)(F)(F)(F)F)c4)c4ccc([nH]4)c(-c4c(F)c(F)c(F)c(F)c4F)c4nc(c(-c5cccc(S(F)(F)(F)(F)F)c5)c5ccc2[nH]5)C=C4)C=C3)c(F)c1F. The summed E-state index contributed by atoms with van der Waals surface area (Å²) in [4.78, 5) is 8.22. The van der Waals surface area contributed by atoms with Gasteiger partial charge in [-0.25, -0.2) is 53.9 Å². The lowest BCUT2D eigenvalue weighted by Gasteiger charge is -2.40. The standard InChI is InChI=1S/C44H18F20N4S2/c45-35-33(36(46)40(50)43(53)39(35)49)31-25-11-7-21(65-25)29(17-3-1-5-19(15-17)69(55,56,57,58)59)22-8-12-26(66-22)32(34-37(47)41(51)44(54)42(52)38(34)48)28-14-10-24(68-28)30(23-9-13-27(31)67-23)18-4-2-6-20(16-18)70(60,61,62,63)64/h1-16,65,68H. The summed E-state index contributed by atoms with van der Waals surface area (Å²) in [7, 11) is -21.1. The Morgan fingerprint density at radius 3 is 0.843 bits per heavy atom. The Labute approximate surface area is 376 Å².